The lowest BCUT2D eigenvalue weighted by Crippen LogP contribution is -2.34. The molecule has 0 saturated heterocycles. The van der Waals surface area contributed by atoms with E-state index < -0.39 is 12.0 Å². The van der Waals surface area contributed by atoms with E-state index in [2.05, 4.69) is 5.32 Å². The Hall–Kier alpha value is -1.60. The zero-order valence-corrected chi connectivity index (χ0v) is 11.8. The van der Waals surface area contributed by atoms with E-state index in [1.54, 1.807) is 19.1 Å². The van der Waals surface area contributed by atoms with Gasteiger partial charge in [0.1, 0.15) is 11.9 Å². The van der Waals surface area contributed by atoms with Gasteiger partial charge in [0.05, 0.1) is 11.8 Å². The molecule has 20 heavy (non-hydrogen) atoms. The van der Waals surface area contributed by atoms with Gasteiger partial charge in [-0.3, -0.25) is 9.59 Å². The Morgan fingerprint density at radius 2 is 2.00 bits per heavy atom. The predicted octanol–water partition coefficient (Wildman–Crippen LogP) is 1.15. The first kappa shape index (κ1) is 16.5. The van der Waals surface area contributed by atoms with Crippen LogP contribution in [0.4, 0.5) is 4.39 Å². The lowest BCUT2D eigenvalue weighted by Gasteiger charge is -2.14. The molecule has 1 aromatic rings. The Kier molecular flexibility index (Phi) is 6.47. The van der Waals surface area contributed by atoms with Gasteiger partial charge in [-0.05, 0) is 24.6 Å². The molecule has 0 bridgehead atoms. The molecule has 5 nitrogen and oxygen atoms in total. The minimum Gasteiger partial charge on any atom is -0.480 e. The van der Waals surface area contributed by atoms with Crippen LogP contribution in [-0.4, -0.2) is 34.5 Å². The maximum atomic E-state index is 12.8. The number of hydrogen-bond donors (Lipinski definition) is 3. The summed E-state index contributed by atoms with van der Waals surface area (Å²) in [4.78, 5) is 22.1. The molecule has 2 atom stereocenters. The first-order chi connectivity index (χ1) is 9.40. The Morgan fingerprint density at radius 3 is 2.55 bits per heavy atom. The van der Waals surface area contributed by atoms with Crippen LogP contribution in [-0.2, 0) is 9.59 Å². The maximum Gasteiger partial charge on any atom is 0.321 e. The van der Waals surface area contributed by atoms with Crippen molar-refractivity contribution in [3.05, 3.63) is 35.6 Å². The van der Waals surface area contributed by atoms with Crippen molar-refractivity contribution < 1.29 is 19.1 Å². The summed E-state index contributed by atoms with van der Waals surface area (Å²) in [5.74, 6) is -1.33. The van der Waals surface area contributed by atoms with Crippen LogP contribution in [0.3, 0.4) is 0 Å². The number of aliphatic carboxylic acids is 1. The number of carboxylic acids is 1. The van der Waals surface area contributed by atoms with Gasteiger partial charge in [-0.25, -0.2) is 4.39 Å². The van der Waals surface area contributed by atoms with Crippen molar-refractivity contribution in [1.82, 2.24) is 5.32 Å². The van der Waals surface area contributed by atoms with Gasteiger partial charge >= 0.3 is 5.97 Å². The molecular weight excluding hydrogens is 283 g/mol. The summed E-state index contributed by atoms with van der Waals surface area (Å²) in [6.07, 6.45) is 0. The lowest BCUT2D eigenvalue weighted by atomic mass is 10.1. The number of halogens is 1. The summed E-state index contributed by atoms with van der Waals surface area (Å²) in [5, 5.41) is 11.3. The Balaban J connectivity index is 2.35. The highest BCUT2D eigenvalue weighted by atomic mass is 32.2. The standard InChI is InChI=1S/C13H17FN2O3S/c1-8(9-2-4-10(14)5-3-9)16-12(17)7-20-6-11(15)13(18)19/h2-5,8,11H,6-7,15H2,1H3,(H,16,17)(H,18,19)/t8?,11-/m1/s1. The molecule has 1 unspecified atom stereocenters. The van der Waals surface area contributed by atoms with Crippen LogP contribution >= 0.6 is 11.8 Å². The fraction of sp³-hybridized carbons (Fsp3) is 0.385. The molecular formula is C13H17FN2O3S. The number of benzene rings is 1. The van der Waals surface area contributed by atoms with Crippen molar-refractivity contribution in [1.29, 1.82) is 0 Å². The average molecular weight is 300 g/mol. The monoisotopic (exact) mass is 300 g/mol. The second-order valence-corrected chi connectivity index (χ2v) is 5.33. The van der Waals surface area contributed by atoms with Crippen LogP contribution in [0.25, 0.3) is 0 Å². The lowest BCUT2D eigenvalue weighted by molar-refractivity contribution is -0.138. The predicted molar refractivity (Wildman–Crippen MR) is 75.9 cm³/mol. The van der Waals surface area contributed by atoms with Crippen molar-refractivity contribution in [3.63, 3.8) is 0 Å². The molecule has 0 aliphatic carbocycles. The highest BCUT2D eigenvalue weighted by molar-refractivity contribution is 8.00. The van der Waals surface area contributed by atoms with Gasteiger partial charge in [-0.15, -0.1) is 11.8 Å². The third kappa shape index (κ3) is 5.58. The summed E-state index contributed by atoms with van der Waals surface area (Å²) in [7, 11) is 0. The summed E-state index contributed by atoms with van der Waals surface area (Å²) < 4.78 is 12.8. The van der Waals surface area contributed by atoms with Crippen LogP contribution in [0.1, 0.15) is 18.5 Å². The van der Waals surface area contributed by atoms with Gasteiger partial charge < -0.3 is 16.2 Å². The average Bonchev–Trinajstić information content (AvgIpc) is 2.39. The molecule has 0 fully saturated rings. The van der Waals surface area contributed by atoms with Gasteiger partial charge in [0.25, 0.3) is 0 Å². The number of carbonyl (C=O) groups is 2. The van der Waals surface area contributed by atoms with Crippen LogP contribution in [0.2, 0.25) is 0 Å². The molecule has 1 amide bonds. The molecule has 0 aromatic heterocycles. The molecule has 110 valence electrons. The van der Waals surface area contributed by atoms with E-state index in [1.807, 2.05) is 0 Å². The number of rotatable bonds is 7. The second kappa shape index (κ2) is 7.86. The SMILES string of the molecule is CC(NC(=O)CSC[C@@H](N)C(=O)O)c1ccc(F)cc1. The minimum atomic E-state index is -1.09. The number of carboxylic acid groups (broad SMARTS) is 1. The molecule has 0 heterocycles. The molecule has 7 heteroatoms. The zero-order chi connectivity index (χ0) is 15.1. The number of amides is 1. The van der Waals surface area contributed by atoms with Crippen molar-refractivity contribution in [2.75, 3.05) is 11.5 Å². The van der Waals surface area contributed by atoms with Gasteiger partial charge in [0.2, 0.25) is 5.91 Å². The van der Waals surface area contributed by atoms with Gasteiger partial charge in [0.15, 0.2) is 0 Å². The quantitative estimate of drug-likeness (QED) is 0.702. The van der Waals surface area contributed by atoms with E-state index in [9.17, 15) is 14.0 Å². The summed E-state index contributed by atoms with van der Waals surface area (Å²) >= 11 is 1.16. The smallest absolute Gasteiger partial charge is 0.321 e. The summed E-state index contributed by atoms with van der Waals surface area (Å²) in [6.45, 7) is 1.79. The van der Waals surface area contributed by atoms with Crippen LogP contribution in [0, 0.1) is 5.82 Å². The Labute approximate surface area is 120 Å². The molecule has 0 aliphatic rings. The third-order valence-electron chi connectivity index (χ3n) is 2.60. The van der Waals surface area contributed by atoms with Gasteiger partial charge in [0, 0.05) is 5.75 Å². The Bertz CT molecular complexity index is 467. The van der Waals surface area contributed by atoms with Crippen molar-refractivity contribution in [2.45, 2.75) is 19.0 Å². The zero-order valence-electron chi connectivity index (χ0n) is 11.0. The number of thioether (sulfide) groups is 1. The fourth-order valence-corrected chi connectivity index (χ4v) is 2.25. The van der Waals surface area contributed by atoms with E-state index >= 15 is 0 Å². The van der Waals surface area contributed by atoms with Gasteiger partial charge in [-0.1, -0.05) is 12.1 Å². The first-order valence-electron chi connectivity index (χ1n) is 6.01. The second-order valence-electron chi connectivity index (χ2n) is 4.30. The van der Waals surface area contributed by atoms with Crippen LogP contribution in [0.5, 0.6) is 0 Å². The largest absolute Gasteiger partial charge is 0.480 e. The van der Waals surface area contributed by atoms with Crippen LogP contribution < -0.4 is 11.1 Å². The fourth-order valence-electron chi connectivity index (χ4n) is 1.47. The summed E-state index contributed by atoms with van der Waals surface area (Å²) in [5.41, 5.74) is 6.12. The van der Waals surface area contributed by atoms with E-state index in [4.69, 9.17) is 10.8 Å². The highest BCUT2D eigenvalue weighted by Crippen LogP contribution is 2.13. The topological polar surface area (TPSA) is 92.4 Å². The van der Waals surface area contributed by atoms with Crippen molar-refractivity contribution in [2.24, 2.45) is 5.73 Å². The highest BCUT2D eigenvalue weighted by Gasteiger charge is 2.13. The van der Waals surface area contributed by atoms with Crippen molar-refractivity contribution >= 4 is 23.6 Å². The number of nitrogens with one attached hydrogen (secondary N) is 1. The normalized spacial score (nSPS) is 13.6. The molecule has 4 N–H and O–H groups in total. The van der Waals surface area contributed by atoms with Crippen LogP contribution in [0.15, 0.2) is 24.3 Å². The molecule has 0 spiro atoms. The molecule has 1 aromatic carbocycles. The maximum absolute atomic E-state index is 12.8. The summed E-state index contributed by atoms with van der Waals surface area (Å²) in [6, 6.07) is 4.66. The molecule has 0 saturated carbocycles. The minimum absolute atomic E-state index is 0.131. The van der Waals surface area contributed by atoms with Gasteiger partial charge in [-0.2, -0.15) is 0 Å². The molecule has 0 radical (unpaired) electrons. The molecule has 1 rings (SSSR count). The first-order valence-corrected chi connectivity index (χ1v) is 7.16. The van der Waals surface area contributed by atoms with Crippen molar-refractivity contribution in [3.8, 4) is 0 Å². The van der Waals surface area contributed by atoms with E-state index in [0.29, 0.717) is 0 Å². The molecule has 0 aliphatic heterocycles. The number of hydrogen-bond acceptors (Lipinski definition) is 4. The van der Waals surface area contributed by atoms with E-state index in [1.165, 1.54) is 12.1 Å². The Morgan fingerprint density at radius 1 is 1.40 bits per heavy atom. The number of nitrogens with two attached hydrogens (primary N) is 1. The third-order valence-corrected chi connectivity index (χ3v) is 3.66. The number of carbonyl (C=O) groups excluding carboxylic acids is 1. The van der Waals surface area contributed by atoms with E-state index in [-0.39, 0.29) is 29.3 Å². The van der Waals surface area contributed by atoms with E-state index in [0.717, 1.165) is 17.3 Å².